The van der Waals surface area contributed by atoms with Gasteiger partial charge in [0.1, 0.15) is 11.9 Å². The van der Waals surface area contributed by atoms with Crippen LogP contribution in [0.25, 0.3) is 0 Å². The van der Waals surface area contributed by atoms with Crippen molar-refractivity contribution >= 4 is 17.6 Å². The number of hydrogen-bond donors (Lipinski definition) is 1. The van der Waals surface area contributed by atoms with Crippen molar-refractivity contribution in [2.75, 3.05) is 12.4 Å². The van der Waals surface area contributed by atoms with Crippen molar-refractivity contribution in [1.29, 1.82) is 0 Å². The minimum Gasteiger partial charge on any atom is -0.497 e. The van der Waals surface area contributed by atoms with E-state index in [1.807, 2.05) is 30.3 Å². The van der Waals surface area contributed by atoms with Crippen molar-refractivity contribution in [1.82, 2.24) is 0 Å². The van der Waals surface area contributed by atoms with E-state index >= 15 is 0 Å². The highest BCUT2D eigenvalue weighted by molar-refractivity contribution is 6.09. The first kappa shape index (κ1) is 18.8. The van der Waals surface area contributed by atoms with Crippen LogP contribution in [-0.2, 0) is 19.1 Å². The molecule has 0 aliphatic carbocycles. The van der Waals surface area contributed by atoms with Gasteiger partial charge in [0.05, 0.1) is 13.2 Å². The molecule has 0 bridgehead atoms. The zero-order valence-electron chi connectivity index (χ0n) is 15.6. The quantitative estimate of drug-likeness (QED) is 0.621. The Kier molecular flexibility index (Phi) is 5.35. The molecule has 0 aromatic heterocycles. The van der Waals surface area contributed by atoms with Crippen molar-refractivity contribution in [3.8, 4) is 5.75 Å². The Morgan fingerprint density at radius 3 is 2.41 bits per heavy atom. The predicted molar refractivity (Wildman–Crippen MR) is 100 cm³/mol. The molecular weight excluding hydrogens is 346 g/mol. The second-order valence-corrected chi connectivity index (χ2v) is 6.72. The molecule has 1 heterocycles. The molecule has 142 valence electrons. The molecule has 6 nitrogen and oxygen atoms in total. The predicted octanol–water partition coefficient (Wildman–Crippen LogP) is 3.49. The molecule has 1 N–H and O–H groups in total. The van der Waals surface area contributed by atoms with E-state index in [2.05, 4.69) is 5.32 Å². The summed E-state index contributed by atoms with van der Waals surface area (Å²) < 4.78 is 16.1. The van der Waals surface area contributed by atoms with Crippen LogP contribution in [0.1, 0.15) is 31.9 Å². The Balaban J connectivity index is 1.92. The first-order valence-corrected chi connectivity index (χ1v) is 8.84. The summed E-state index contributed by atoms with van der Waals surface area (Å²) in [6.45, 7) is 3.49. The lowest BCUT2D eigenvalue weighted by Crippen LogP contribution is -2.52. The number of carbonyl (C=O) groups is 2. The molecule has 0 unspecified atom stereocenters. The minimum atomic E-state index is -1.60. The molecule has 2 atom stereocenters. The van der Waals surface area contributed by atoms with Gasteiger partial charge >= 0.3 is 11.9 Å². The molecule has 3 rings (SSSR count). The maximum Gasteiger partial charge on any atom is 0.344 e. The molecule has 1 fully saturated rings. The highest BCUT2D eigenvalue weighted by atomic mass is 16.6. The van der Waals surface area contributed by atoms with E-state index in [1.54, 1.807) is 45.2 Å². The number of ether oxygens (including phenoxy) is 3. The number of benzene rings is 2. The third-order valence-electron chi connectivity index (χ3n) is 4.40. The van der Waals surface area contributed by atoms with Crippen LogP contribution in [0.15, 0.2) is 54.6 Å². The number of esters is 2. The van der Waals surface area contributed by atoms with Gasteiger partial charge in [-0.15, -0.1) is 0 Å². The smallest absolute Gasteiger partial charge is 0.344 e. The van der Waals surface area contributed by atoms with E-state index in [0.29, 0.717) is 11.4 Å². The lowest BCUT2D eigenvalue weighted by molar-refractivity contribution is -0.159. The minimum absolute atomic E-state index is 0.146. The SMILES string of the molecule is COc1ccc(N[C@]2(C(=O)OC(C)C)C[C@H](c3ccccc3)OC2=O)cc1. The molecule has 27 heavy (non-hydrogen) atoms. The molecule has 0 amide bonds. The van der Waals surface area contributed by atoms with Gasteiger partial charge in [-0.1, -0.05) is 30.3 Å². The Labute approximate surface area is 158 Å². The zero-order valence-corrected chi connectivity index (χ0v) is 15.6. The first-order chi connectivity index (χ1) is 12.9. The Bertz CT molecular complexity index is 803. The van der Waals surface area contributed by atoms with Gasteiger partial charge in [0, 0.05) is 12.1 Å². The van der Waals surface area contributed by atoms with E-state index in [-0.39, 0.29) is 12.5 Å². The van der Waals surface area contributed by atoms with Crippen molar-refractivity contribution in [2.45, 2.75) is 38.0 Å². The van der Waals surface area contributed by atoms with Crippen LogP contribution in [0.3, 0.4) is 0 Å². The molecule has 1 saturated heterocycles. The van der Waals surface area contributed by atoms with Crippen molar-refractivity contribution < 1.29 is 23.8 Å². The molecule has 0 spiro atoms. The summed E-state index contributed by atoms with van der Waals surface area (Å²) in [5.41, 5.74) is -0.164. The average Bonchev–Trinajstić information content (AvgIpc) is 3.00. The summed E-state index contributed by atoms with van der Waals surface area (Å²) in [6.07, 6.45) is -0.729. The van der Waals surface area contributed by atoms with Gasteiger partial charge < -0.3 is 19.5 Å². The van der Waals surface area contributed by atoms with E-state index in [4.69, 9.17) is 14.2 Å². The number of nitrogens with one attached hydrogen (secondary N) is 1. The van der Waals surface area contributed by atoms with Gasteiger partial charge in [0.15, 0.2) is 0 Å². The molecule has 1 aliphatic rings. The van der Waals surface area contributed by atoms with Crippen LogP contribution < -0.4 is 10.1 Å². The van der Waals surface area contributed by atoms with Gasteiger partial charge in [-0.3, -0.25) is 0 Å². The highest BCUT2D eigenvalue weighted by Crippen LogP contribution is 2.39. The second kappa shape index (κ2) is 7.70. The molecule has 1 aliphatic heterocycles. The largest absolute Gasteiger partial charge is 0.497 e. The number of cyclic esters (lactones) is 1. The number of rotatable bonds is 6. The lowest BCUT2D eigenvalue weighted by atomic mass is 9.92. The number of methoxy groups -OCH3 is 1. The third kappa shape index (κ3) is 3.89. The summed E-state index contributed by atoms with van der Waals surface area (Å²) in [5.74, 6) is -0.606. The summed E-state index contributed by atoms with van der Waals surface area (Å²) in [7, 11) is 1.57. The standard InChI is InChI=1S/C21H23NO5/c1-14(2)26-19(23)21(22-16-9-11-17(25-3)12-10-16)13-18(27-20(21)24)15-7-5-4-6-8-15/h4-12,14,18,22H,13H2,1-3H3/t18-,21+/m1/s1. The van der Waals surface area contributed by atoms with E-state index in [0.717, 1.165) is 5.56 Å². The molecule has 2 aromatic rings. The Hall–Kier alpha value is -3.02. The molecule has 0 radical (unpaired) electrons. The van der Waals surface area contributed by atoms with Crippen molar-refractivity contribution in [2.24, 2.45) is 0 Å². The fourth-order valence-corrected chi connectivity index (χ4v) is 3.04. The van der Waals surface area contributed by atoms with Crippen molar-refractivity contribution in [3.63, 3.8) is 0 Å². The normalized spacial score (nSPS) is 21.6. The van der Waals surface area contributed by atoms with E-state index in [1.165, 1.54) is 0 Å². The van der Waals surface area contributed by atoms with Crippen LogP contribution in [0.5, 0.6) is 5.75 Å². The molecular formula is C21H23NO5. The maximum absolute atomic E-state index is 12.9. The lowest BCUT2D eigenvalue weighted by Gasteiger charge is -2.26. The van der Waals surface area contributed by atoms with Crippen LogP contribution in [0, 0.1) is 0 Å². The van der Waals surface area contributed by atoms with Gasteiger partial charge in [0.2, 0.25) is 5.54 Å². The van der Waals surface area contributed by atoms with Crippen molar-refractivity contribution in [3.05, 3.63) is 60.2 Å². The summed E-state index contributed by atoms with van der Waals surface area (Å²) in [4.78, 5) is 25.7. The molecule has 2 aromatic carbocycles. The Morgan fingerprint density at radius 2 is 1.81 bits per heavy atom. The monoisotopic (exact) mass is 369 g/mol. The van der Waals surface area contributed by atoms with Crippen LogP contribution >= 0.6 is 0 Å². The summed E-state index contributed by atoms with van der Waals surface area (Å²) >= 11 is 0. The second-order valence-electron chi connectivity index (χ2n) is 6.72. The number of anilines is 1. The Morgan fingerprint density at radius 1 is 1.15 bits per heavy atom. The molecule has 0 saturated carbocycles. The fourth-order valence-electron chi connectivity index (χ4n) is 3.04. The maximum atomic E-state index is 12.9. The summed E-state index contributed by atoms with van der Waals surface area (Å²) in [5, 5.41) is 3.06. The van der Waals surface area contributed by atoms with Crippen LogP contribution in [0.2, 0.25) is 0 Å². The van der Waals surface area contributed by atoms with Crippen LogP contribution in [-0.4, -0.2) is 30.7 Å². The molecule has 6 heteroatoms. The zero-order chi connectivity index (χ0) is 19.4. The average molecular weight is 369 g/mol. The fraction of sp³-hybridized carbons (Fsp3) is 0.333. The first-order valence-electron chi connectivity index (χ1n) is 8.84. The number of carbonyl (C=O) groups excluding carboxylic acids is 2. The van der Waals surface area contributed by atoms with Gasteiger partial charge in [-0.25, -0.2) is 9.59 Å². The third-order valence-corrected chi connectivity index (χ3v) is 4.40. The highest BCUT2D eigenvalue weighted by Gasteiger charge is 2.57. The van der Waals surface area contributed by atoms with Gasteiger partial charge in [-0.05, 0) is 43.7 Å². The number of hydrogen-bond acceptors (Lipinski definition) is 6. The van der Waals surface area contributed by atoms with Gasteiger partial charge in [-0.2, -0.15) is 0 Å². The van der Waals surface area contributed by atoms with E-state index < -0.39 is 23.6 Å². The van der Waals surface area contributed by atoms with Gasteiger partial charge in [0.25, 0.3) is 0 Å². The summed E-state index contributed by atoms with van der Waals surface area (Å²) in [6, 6.07) is 16.3. The van der Waals surface area contributed by atoms with E-state index in [9.17, 15) is 9.59 Å². The van der Waals surface area contributed by atoms with Crippen LogP contribution in [0.4, 0.5) is 5.69 Å². The topological polar surface area (TPSA) is 73.9 Å².